The van der Waals surface area contributed by atoms with Gasteiger partial charge in [0, 0.05) is 33.4 Å². The van der Waals surface area contributed by atoms with Crippen LogP contribution in [0.4, 0.5) is 11.6 Å². The lowest BCUT2D eigenvalue weighted by atomic mass is 10.1. The van der Waals surface area contributed by atoms with Crippen molar-refractivity contribution in [3.63, 3.8) is 0 Å². The van der Waals surface area contributed by atoms with E-state index >= 15 is 4.57 Å². The molecule has 16 nitrogen and oxygen atoms in total. The van der Waals surface area contributed by atoms with Crippen molar-refractivity contribution in [1.29, 1.82) is 0 Å². The summed E-state index contributed by atoms with van der Waals surface area (Å²) in [4.78, 5) is 44.7. The monoisotopic (exact) mass is 928 g/mol. The largest absolute Gasteiger partial charge is 0.815 e. The number of aliphatic carboxylic acids is 1. The van der Waals surface area contributed by atoms with Gasteiger partial charge in [-0.15, -0.1) is 0 Å². The molecule has 0 amide bonds. The highest BCUT2D eigenvalue weighted by Gasteiger charge is 2.48. The molecule has 18 heteroatoms. The van der Waals surface area contributed by atoms with Crippen LogP contribution < -0.4 is 35.2 Å². The van der Waals surface area contributed by atoms with Crippen molar-refractivity contribution in [3.05, 3.63) is 136 Å². The number of hydrogen-bond donors (Lipinski definition) is 1. The summed E-state index contributed by atoms with van der Waals surface area (Å²) < 4.78 is 52.8. The standard InChI is InChI=1S/C40H32N8O4.C9H11O4P.Al/c1-5-49-25-17-9-13-21-29(25)37-41-33(21)46-38-31-23(15-11-19-27(31)51-7-3)35(43-38)48-40-32-24(16-12-20-28(32)52-8-4)36(44-40)47-39-30-22(34(42-39)45-37)14-10-18-26(30)50-6-2;10-9(11)6-7-14(12,13)8-4-2-1-3-5-8;/h9-20H,5-8H2,1-4H3;1-5H,6-7H2,(H,10,11)(H,12,13);/q-2;;+3/p-1. The van der Waals surface area contributed by atoms with E-state index in [0.29, 0.717) is 144 Å². The number of hydrogen-bond acceptors (Lipinski definition) is 13. The third kappa shape index (κ3) is 6.92. The van der Waals surface area contributed by atoms with Crippen LogP contribution in [-0.4, -0.2) is 89.0 Å². The highest BCUT2D eigenvalue weighted by Crippen LogP contribution is 2.51. The van der Waals surface area contributed by atoms with E-state index < -0.39 is 34.7 Å². The Kier molecular flexibility index (Phi) is 10.7. The first-order valence-electron chi connectivity index (χ1n) is 22.2. The molecule has 0 saturated carbocycles. The van der Waals surface area contributed by atoms with E-state index in [-0.39, 0.29) is 6.16 Å². The number of benzene rings is 5. The van der Waals surface area contributed by atoms with E-state index in [2.05, 4.69) is 0 Å². The normalized spacial score (nSPS) is 15.0. The summed E-state index contributed by atoms with van der Waals surface area (Å²) in [5.41, 5.74) is 3.35. The van der Waals surface area contributed by atoms with E-state index in [1.54, 1.807) is 24.3 Å². The van der Waals surface area contributed by atoms with E-state index in [1.807, 2.05) is 114 Å². The van der Waals surface area contributed by atoms with E-state index in [9.17, 15) is 9.90 Å². The fourth-order valence-electron chi connectivity index (χ4n) is 9.13. The lowest BCUT2D eigenvalue weighted by Crippen LogP contribution is -2.48. The van der Waals surface area contributed by atoms with Crippen molar-refractivity contribution in [1.82, 2.24) is 7.10 Å². The van der Waals surface area contributed by atoms with Crippen LogP contribution in [0.2, 0.25) is 0 Å². The van der Waals surface area contributed by atoms with Gasteiger partial charge in [-0.25, -0.2) is 30.0 Å². The minimum atomic E-state index is -4.14. The molecular weight excluding hydrogens is 887 g/mol. The van der Waals surface area contributed by atoms with Crippen LogP contribution in [0.3, 0.4) is 0 Å². The second-order valence-electron chi connectivity index (χ2n) is 15.8. The van der Waals surface area contributed by atoms with Crippen LogP contribution in [0.15, 0.2) is 133 Å². The highest BCUT2D eigenvalue weighted by atomic mass is 31.2. The van der Waals surface area contributed by atoms with Gasteiger partial charge >= 0.3 is 20.9 Å². The second kappa shape index (κ2) is 16.9. The van der Waals surface area contributed by atoms with Gasteiger partial charge in [-0.05, 0) is 64.1 Å². The Balaban J connectivity index is 1.40. The zero-order valence-electron chi connectivity index (χ0n) is 37.0. The lowest BCUT2D eigenvalue weighted by molar-refractivity contribution is -0.136. The van der Waals surface area contributed by atoms with Gasteiger partial charge in [-0.2, -0.15) is 0 Å². The maximum atomic E-state index is 16.1. The number of rotatable bonds is 14. The maximum Gasteiger partial charge on any atom is 0.815 e. The molecule has 0 radical (unpaired) electrons. The van der Waals surface area contributed by atoms with Gasteiger partial charge in [0.2, 0.25) is 7.37 Å². The first-order chi connectivity index (χ1) is 32.7. The van der Waals surface area contributed by atoms with Crippen molar-refractivity contribution < 1.29 is 37.0 Å². The molecule has 334 valence electrons. The number of carboxylic acids is 1. The molecule has 4 aliphatic heterocycles. The minimum Gasteiger partial charge on any atom is -0.493 e. The molecule has 1 atom stereocenters. The Morgan fingerprint density at radius 2 is 1.07 bits per heavy atom. The summed E-state index contributed by atoms with van der Waals surface area (Å²) in [6.45, 7) is 9.08. The Morgan fingerprint density at radius 3 is 1.72 bits per heavy atom. The Hall–Kier alpha value is -7.15. The molecule has 5 aromatic carbocycles. The summed E-state index contributed by atoms with van der Waals surface area (Å²) in [5, 5.41) is 13.0. The molecule has 0 saturated heterocycles. The molecule has 4 aliphatic rings. The number of fused-ring (bicyclic) bond motifs is 14. The van der Waals surface area contributed by atoms with Gasteiger partial charge in [0.1, 0.15) is 45.6 Å². The molecule has 0 fully saturated rings. The summed E-state index contributed by atoms with van der Waals surface area (Å²) in [6.07, 6.45) is -0.751. The van der Waals surface area contributed by atoms with Crippen molar-refractivity contribution in [2.45, 2.75) is 34.1 Å². The Bertz CT molecular complexity index is 3540. The second-order valence-corrected chi connectivity index (χ2v) is 20.6. The number of nitrogens with zero attached hydrogens (tertiary/aromatic N) is 8. The molecule has 6 bridgehead atoms. The molecule has 1 unspecified atom stereocenters. The number of aliphatic imine (C=N–C) groups is 4. The van der Waals surface area contributed by atoms with E-state index in [0.717, 1.165) is 0 Å². The van der Waals surface area contributed by atoms with E-state index in [4.69, 9.17) is 52.5 Å². The summed E-state index contributed by atoms with van der Waals surface area (Å²) >= 11 is -3.84. The fraction of sp³-hybridized carbons (Fsp3) is 0.204. The van der Waals surface area contributed by atoms with Gasteiger partial charge in [0.15, 0.2) is 23.3 Å². The van der Waals surface area contributed by atoms with E-state index in [1.165, 1.54) is 0 Å². The van der Waals surface area contributed by atoms with Gasteiger partial charge in [-0.1, -0.05) is 66.7 Å². The van der Waals surface area contributed by atoms with Crippen molar-refractivity contribution in [2.75, 3.05) is 32.6 Å². The molecule has 11 rings (SSSR count). The van der Waals surface area contributed by atoms with Crippen LogP contribution in [0, 0.1) is 0 Å². The third-order valence-corrected chi connectivity index (χ3v) is 17.7. The summed E-state index contributed by atoms with van der Waals surface area (Å²) in [5.74, 6) is 3.08. The number of amidine groups is 4. The van der Waals surface area contributed by atoms with Crippen LogP contribution in [0.25, 0.3) is 21.5 Å². The average molecular weight is 929 g/mol. The van der Waals surface area contributed by atoms with Crippen LogP contribution in [0.1, 0.15) is 56.4 Å². The molecule has 6 heterocycles. The molecule has 7 aromatic rings. The first kappa shape index (κ1) is 42.5. The van der Waals surface area contributed by atoms with Gasteiger partial charge in [-0.3, -0.25) is 9.36 Å². The van der Waals surface area contributed by atoms with Crippen molar-refractivity contribution in [2.24, 2.45) is 30.0 Å². The number of ether oxygens (including phenoxy) is 4. The molecule has 0 aliphatic carbocycles. The first-order valence-corrected chi connectivity index (χ1v) is 25.5. The summed E-state index contributed by atoms with van der Waals surface area (Å²) in [7, 11) is -4.14. The molecular formula is C49H42AlN8O8P. The van der Waals surface area contributed by atoms with Crippen molar-refractivity contribution >= 4 is 90.1 Å². The van der Waals surface area contributed by atoms with Crippen LogP contribution in [0.5, 0.6) is 23.0 Å². The predicted molar refractivity (Wildman–Crippen MR) is 258 cm³/mol. The van der Waals surface area contributed by atoms with Crippen LogP contribution >= 0.6 is 7.37 Å². The number of aromatic nitrogens is 2. The van der Waals surface area contributed by atoms with Gasteiger partial charge in [0.05, 0.1) is 54.7 Å². The fourth-order valence-corrected chi connectivity index (χ4v) is 15.2. The average Bonchev–Trinajstić information content (AvgIpc) is 4.05. The van der Waals surface area contributed by atoms with Gasteiger partial charge < -0.3 is 34.7 Å². The SMILES string of the molecule is CCOc1cccc2c1C1=NC2=Nc2c3c(OCC)cccc3c3[n]2[Al]([O]P(=O)(CCC(=O)O)c2ccccc2)[n]2c(c4cccc(OCC)c4c2=NC2=NC(=N3)c3c(OCC)cccc32)=N1. The third-order valence-electron chi connectivity index (χ3n) is 11.8. The smallest absolute Gasteiger partial charge is 0.493 e. The predicted octanol–water partition coefficient (Wildman–Crippen LogP) is 7.61. The molecule has 67 heavy (non-hydrogen) atoms. The lowest BCUT2D eigenvalue weighted by Gasteiger charge is -2.25. The highest BCUT2D eigenvalue weighted by molar-refractivity contribution is 7.68. The zero-order chi connectivity index (χ0) is 46.0. The molecule has 0 spiro atoms. The number of carboxylic acid groups (broad SMARTS) is 1. The van der Waals surface area contributed by atoms with Crippen molar-refractivity contribution in [3.8, 4) is 23.0 Å². The van der Waals surface area contributed by atoms with Crippen LogP contribution in [-0.2, 0) is 12.9 Å². The minimum absolute atomic E-state index is 0.315. The molecule has 1 N–H and O–H groups in total. The maximum absolute atomic E-state index is 16.1. The summed E-state index contributed by atoms with van der Waals surface area (Å²) in [6, 6.07) is 31.6. The zero-order valence-corrected chi connectivity index (χ0v) is 39.0. The Morgan fingerprint density at radius 1 is 0.552 bits per heavy atom. The topological polar surface area (TPSA) is 185 Å². The van der Waals surface area contributed by atoms with Gasteiger partial charge in [0.25, 0.3) is 0 Å². The number of carbonyl (C=O) groups is 1. The Labute approximate surface area is 388 Å². The quantitative estimate of drug-likeness (QED) is 0.0854. The molecule has 2 aromatic heterocycles.